The molecule has 0 unspecified atom stereocenters. The van der Waals surface area contributed by atoms with Crippen molar-refractivity contribution in [2.45, 2.75) is 66.0 Å². The van der Waals surface area contributed by atoms with E-state index < -0.39 is 17.2 Å². The number of carbonyl (C=O) groups is 2. The lowest BCUT2D eigenvalue weighted by atomic mass is 10.1. The molecule has 34 heavy (non-hydrogen) atoms. The van der Waals surface area contributed by atoms with Crippen molar-refractivity contribution in [3.05, 3.63) is 56.2 Å². The van der Waals surface area contributed by atoms with E-state index >= 15 is 0 Å². The molecule has 1 atom stereocenters. The molecule has 1 saturated heterocycles. The Hall–Kier alpha value is -3.36. The van der Waals surface area contributed by atoms with Gasteiger partial charge in [0.2, 0.25) is 11.8 Å². The average molecular weight is 470 g/mol. The van der Waals surface area contributed by atoms with Crippen LogP contribution in [0.5, 0.6) is 0 Å². The number of likely N-dealkylation sites (tertiary alicyclic amines) is 1. The van der Waals surface area contributed by atoms with Gasteiger partial charge in [-0.2, -0.15) is 0 Å². The normalized spacial score (nSPS) is 15.7. The molecule has 1 aliphatic rings. The van der Waals surface area contributed by atoms with Gasteiger partial charge in [0.1, 0.15) is 5.82 Å². The van der Waals surface area contributed by atoms with E-state index in [1.165, 1.54) is 9.47 Å². The minimum atomic E-state index is -0.680. The molecule has 0 aliphatic carbocycles. The fourth-order valence-corrected chi connectivity index (χ4v) is 4.25. The van der Waals surface area contributed by atoms with Crippen LogP contribution in [0, 0.1) is 12.8 Å². The van der Waals surface area contributed by atoms with Crippen LogP contribution >= 0.6 is 0 Å². The molecule has 9 heteroatoms. The standard InChI is InChI=1S/C25H35N5O4/c1-4-6-12-29(21-22(26)30(13-7-5-2)25(34)27-23(21)32)24(33)19-14-20(31)28(16-19)15-18-10-8-17(3)9-11-18/h8-11,19H,4-7,12-16,26H2,1-3H3,(H,27,32,34)/t19-/m0/s1. The topological polar surface area (TPSA) is 121 Å². The number of H-pyrrole nitrogens is 1. The van der Waals surface area contributed by atoms with Crippen molar-refractivity contribution in [3.63, 3.8) is 0 Å². The fourth-order valence-electron chi connectivity index (χ4n) is 4.25. The van der Waals surface area contributed by atoms with Crippen molar-refractivity contribution in [1.82, 2.24) is 14.5 Å². The number of nitrogens with one attached hydrogen (secondary N) is 1. The Morgan fingerprint density at radius 2 is 1.79 bits per heavy atom. The largest absolute Gasteiger partial charge is 0.383 e. The molecule has 2 heterocycles. The summed E-state index contributed by atoms with van der Waals surface area (Å²) in [5, 5.41) is 0. The number of benzene rings is 1. The van der Waals surface area contributed by atoms with Crippen LogP contribution in [0.2, 0.25) is 0 Å². The molecule has 1 aromatic carbocycles. The molecule has 0 saturated carbocycles. The van der Waals surface area contributed by atoms with Gasteiger partial charge >= 0.3 is 5.69 Å². The second kappa shape index (κ2) is 11.2. The quantitative estimate of drug-likeness (QED) is 0.553. The Labute approximate surface area is 199 Å². The van der Waals surface area contributed by atoms with Crippen LogP contribution in [0.1, 0.15) is 57.1 Å². The monoisotopic (exact) mass is 469 g/mol. The zero-order chi connectivity index (χ0) is 24.8. The van der Waals surface area contributed by atoms with E-state index in [1.807, 2.05) is 45.0 Å². The maximum Gasteiger partial charge on any atom is 0.330 e. The summed E-state index contributed by atoms with van der Waals surface area (Å²) in [4.78, 5) is 56.8. The number of nitrogens with zero attached hydrogens (tertiary/aromatic N) is 3. The van der Waals surface area contributed by atoms with Gasteiger partial charge in [-0.25, -0.2) is 4.79 Å². The van der Waals surface area contributed by atoms with Crippen LogP contribution in [0.4, 0.5) is 11.5 Å². The van der Waals surface area contributed by atoms with E-state index in [1.54, 1.807) is 4.90 Å². The molecule has 1 aromatic heterocycles. The maximum atomic E-state index is 13.6. The number of aryl methyl sites for hydroxylation is 1. The van der Waals surface area contributed by atoms with E-state index in [0.29, 0.717) is 25.9 Å². The van der Waals surface area contributed by atoms with Crippen LogP contribution in [-0.2, 0) is 22.7 Å². The van der Waals surface area contributed by atoms with E-state index in [9.17, 15) is 19.2 Å². The first kappa shape index (κ1) is 25.3. The van der Waals surface area contributed by atoms with Gasteiger partial charge in [0, 0.05) is 32.6 Å². The van der Waals surface area contributed by atoms with Crippen molar-refractivity contribution < 1.29 is 9.59 Å². The summed E-state index contributed by atoms with van der Waals surface area (Å²) in [6.07, 6.45) is 3.11. The summed E-state index contributed by atoms with van der Waals surface area (Å²) in [7, 11) is 0. The molecule has 3 N–H and O–H groups in total. The first-order valence-electron chi connectivity index (χ1n) is 12.0. The first-order valence-corrected chi connectivity index (χ1v) is 12.0. The molecule has 2 amide bonds. The Bertz CT molecular complexity index is 1140. The van der Waals surface area contributed by atoms with Crippen molar-refractivity contribution in [2.24, 2.45) is 5.92 Å². The lowest BCUT2D eigenvalue weighted by Crippen LogP contribution is -2.44. The minimum absolute atomic E-state index is 0.00131. The lowest BCUT2D eigenvalue weighted by Gasteiger charge is -2.27. The predicted octanol–water partition coefficient (Wildman–Crippen LogP) is 2.41. The van der Waals surface area contributed by atoms with Crippen molar-refractivity contribution in [1.29, 1.82) is 0 Å². The molecule has 0 spiro atoms. The van der Waals surface area contributed by atoms with Gasteiger partial charge < -0.3 is 15.5 Å². The summed E-state index contributed by atoms with van der Waals surface area (Å²) in [5.41, 5.74) is 7.15. The number of hydrogen-bond acceptors (Lipinski definition) is 5. The number of aromatic amines is 1. The molecule has 1 fully saturated rings. The number of aromatic nitrogens is 2. The van der Waals surface area contributed by atoms with Crippen molar-refractivity contribution >= 4 is 23.3 Å². The van der Waals surface area contributed by atoms with Crippen LogP contribution in [0.25, 0.3) is 0 Å². The van der Waals surface area contributed by atoms with Gasteiger partial charge in [-0.05, 0) is 25.3 Å². The average Bonchev–Trinajstić information content (AvgIpc) is 3.17. The molecule has 9 nitrogen and oxygen atoms in total. The highest BCUT2D eigenvalue weighted by atomic mass is 16.2. The number of hydrogen-bond donors (Lipinski definition) is 2. The Balaban J connectivity index is 1.88. The summed E-state index contributed by atoms with van der Waals surface area (Å²) >= 11 is 0. The Morgan fingerprint density at radius 3 is 2.44 bits per heavy atom. The van der Waals surface area contributed by atoms with Crippen LogP contribution in [0.3, 0.4) is 0 Å². The van der Waals surface area contributed by atoms with E-state index in [0.717, 1.165) is 24.0 Å². The lowest BCUT2D eigenvalue weighted by molar-refractivity contribution is -0.128. The third-order valence-corrected chi connectivity index (χ3v) is 6.28. The van der Waals surface area contributed by atoms with Gasteiger partial charge in [0.25, 0.3) is 5.56 Å². The number of nitrogens with two attached hydrogens (primary N) is 1. The van der Waals surface area contributed by atoms with Gasteiger partial charge in [0.05, 0.1) is 5.92 Å². The fraction of sp³-hybridized carbons (Fsp3) is 0.520. The maximum absolute atomic E-state index is 13.6. The zero-order valence-corrected chi connectivity index (χ0v) is 20.3. The van der Waals surface area contributed by atoms with E-state index in [-0.39, 0.29) is 42.8 Å². The molecule has 2 aromatic rings. The third-order valence-electron chi connectivity index (χ3n) is 6.28. The first-order chi connectivity index (χ1) is 16.3. The van der Waals surface area contributed by atoms with E-state index in [2.05, 4.69) is 4.98 Å². The molecule has 184 valence electrons. The van der Waals surface area contributed by atoms with Gasteiger partial charge in [0.15, 0.2) is 5.69 Å². The SMILES string of the molecule is CCCCN(C(=O)[C@H]1CC(=O)N(Cc2ccc(C)cc2)C1)c1c(N)n(CCCC)c(=O)[nH]c1=O. The highest BCUT2D eigenvalue weighted by Crippen LogP contribution is 2.26. The smallest absolute Gasteiger partial charge is 0.330 e. The number of unbranched alkanes of at least 4 members (excludes halogenated alkanes) is 2. The number of rotatable bonds is 10. The van der Waals surface area contributed by atoms with E-state index in [4.69, 9.17) is 5.73 Å². The Morgan fingerprint density at radius 1 is 1.12 bits per heavy atom. The number of amides is 2. The van der Waals surface area contributed by atoms with Gasteiger partial charge in [-0.3, -0.25) is 23.9 Å². The van der Waals surface area contributed by atoms with Crippen molar-refractivity contribution in [3.8, 4) is 0 Å². The summed E-state index contributed by atoms with van der Waals surface area (Å²) in [5.74, 6) is -0.993. The van der Waals surface area contributed by atoms with Gasteiger partial charge in [-0.15, -0.1) is 0 Å². The second-order valence-electron chi connectivity index (χ2n) is 9.00. The minimum Gasteiger partial charge on any atom is -0.383 e. The number of anilines is 2. The van der Waals surface area contributed by atoms with Crippen LogP contribution < -0.4 is 21.9 Å². The van der Waals surface area contributed by atoms with Crippen LogP contribution in [0.15, 0.2) is 33.9 Å². The molecule has 0 radical (unpaired) electrons. The molecular formula is C25H35N5O4. The number of nitrogen functional groups attached to an aromatic ring is 1. The number of carbonyl (C=O) groups excluding carboxylic acids is 2. The van der Waals surface area contributed by atoms with Gasteiger partial charge in [-0.1, -0.05) is 56.5 Å². The van der Waals surface area contributed by atoms with Crippen LogP contribution in [-0.4, -0.2) is 39.4 Å². The summed E-state index contributed by atoms with van der Waals surface area (Å²) in [6, 6.07) is 7.94. The zero-order valence-electron chi connectivity index (χ0n) is 20.3. The molecule has 0 bridgehead atoms. The molecular weight excluding hydrogens is 434 g/mol. The second-order valence-corrected chi connectivity index (χ2v) is 9.00. The highest BCUT2D eigenvalue weighted by molar-refractivity contribution is 6.00. The molecule has 3 rings (SSSR count). The predicted molar refractivity (Wildman–Crippen MR) is 133 cm³/mol. The molecule has 1 aliphatic heterocycles. The Kier molecular flexibility index (Phi) is 8.31. The summed E-state index contributed by atoms with van der Waals surface area (Å²) < 4.78 is 1.32. The third kappa shape index (κ3) is 5.58. The highest BCUT2D eigenvalue weighted by Gasteiger charge is 2.38. The summed E-state index contributed by atoms with van der Waals surface area (Å²) in [6.45, 7) is 7.34. The van der Waals surface area contributed by atoms with Crippen molar-refractivity contribution in [2.75, 3.05) is 23.7 Å².